The number of rotatable bonds is 3. The van der Waals surface area contributed by atoms with Crippen LogP contribution in [0.3, 0.4) is 0 Å². The highest BCUT2D eigenvalue weighted by Gasteiger charge is 2.31. The van der Waals surface area contributed by atoms with Gasteiger partial charge in [0.1, 0.15) is 0 Å². The van der Waals surface area contributed by atoms with E-state index in [1.165, 1.54) is 6.07 Å². The lowest BCUT2D eigenvalue weighted by Gasteiger charge is -2.05. The molecule has 0 saturated carbocycles. The summed E-state index contributed by atoms with van der Waals surface area (Å²) in [6.07, 6.45) is -2.91. The van der Waals surface area contributed by atoms with Crippen LogP contribution in [-0.4, -0.2) is 25.7 Å². The normalized spacial score (nSPS) is 11.9. The Kier molecular flexibility index (Phi) is 2.93. The molecular weight excluding hydrogens is 251 g/mol. The summed E-state index contributed by atoms with van der Waals surface area (Å²) in [5.74, 6) is -0.990. The zero-order valence-corrected chi connectivity index (χ0v) is 8.98. The van der Waals surface area contributed by atoms with Crippen LogP contribution in [0.5, 0.6) is 0 Å². The first-order valence-electron chi connectivity index (χ1n) is 4.99. The molecule has 0 radical (unpaired) electrons. The zero-order chi connectivity index (χ0) is 13.3. The van der Waals surface area contributed by atoms with Crippen molar-refractivity contribution in [3.8, 4) is 0 Å². The van der Waals surface area contributed by atoms with E-state index < -0.39 is 17.7 Å². The van der Waals surface area contributed by atoms with Crippen molar-refractivity contribution in [3.63, 3.8) is 0 Å². The topological polar surface area (TPSA) is 67.5 Å². The van der Waals surface area contributed by atoms with E-state index in [-0.39, 0.29) is 18.5 Å². The van der Waals surface area contributed by atoms with Gasteiger partial charge in [0.2, 0.25) is 0 Å². The maximum atomic E-state index is 12.4. The molecule has 2 aromatic heterocycles. The van der Waals surface area contributed by atoms with E-state index in [2.05, 4.69) is 10.1 Å². The van der Waals surface area contributed by atoms with Crippen LogP contribution < -0.4 is 0 Å². The Morgan fingerprint density at radius 3 is 2.78 bits per heavy atom. The first-order chi connectivity index (χ1) is 8.36. The van der Waals surface area contributed by atoms with Crippen molar-refractivity contribution in [3.05, 3.63) is 29.7 Å². The molecule has 0 amide bonds. The van der Waals surface area contributed by atoms with Gasteiger partial charge in [0.15, 0.2) is 5.65 Å². The lowest BCUT2D eigenvalue weighted by atomic mass is 10.2. The van der Waals surface area contributed by atoms with Gasteiger partial charge in [0.25, 0.3) is 0 Å². The molecule has 0 atom stereocenters. The highest BCUT2D eigenvalue weighted by atomic mass is 19.4. The van der Waals surface area contributed by atoms with E-state index in [4.69, 9.17) is 5.11 Å². The summed E-state index contributed by atoms with van der Waals surface area (Å²) in [5, 5.41) is 12.4. The molecule has 2 rings (SSSR count). The van der Waals surface area contributed by atoms with Gasteiger partial charge in [-0.3, -0.25) is 4.79 Å². The predicted molar refractivity (Wildman–Crippen MR) is 53.9 cm³/mol. The lowest BCUT2D eigenvalue weighted by Crippen LogP contribution is -2.07. The first-order valence-corrected chi connectivity index (χ1v) is 4.99. The minimum Gasteiger partial charge on any atom is -0.481 e. The first kappa shape index (κ1) is 12.3. The van der Waals surface area contributed by atoms with Crippen molar-refractivity contribution in [2.45, 2.75) is 19.0 Å². The molecule has 0 spiro atoms. The monoisotopic (exact) mass is 259 g/mol. The van der Waals surface area contributed by atoms with E-state index in [0.717, 1.165) is 16.9 Å². The van der Waals surface area contributed by atoms with Gasteiger partial charge in [0, 0.05) is 24.9 Å². The van der Waals surface area contributed by atoms with E-state index in [1.54, 1.807) is 0 Å². The minimum atomic E-state index is -4.48. The second kappa shape index (κ2) is 4.28. The van der Waals surface area contributed by atoms with E-state index in [1.807, 2.05) is 0 Å². The molecular formula is C10H8F3N3O2. The molecule has 8 heteroatoms. The standard InChI is InChI=1S/C10H8F3N3O2/c11-10(12,13)6-4-14-8-3-7(1-2-9(17)18)15-16(8)5-6/h3-5H,1-2H2,(H,17,18). The van der Waals surface area contributed by atoms with E-state index >= 15 is 0 Å². The SMILES string of the molecule is O=C(O)CCc1cc2ncc(C(F)(F)F)cn2n1. The number of aryl methyl sites for hydroxylation is 1. The Morgan fingerprint density at radius 2 is 2.17 bits per heavy atom. The van der Waals surface area contributed by atoms with Crippen LogP contribution in [-0.2, 0) is 17.4 Å². The molecule has 18 heavy (non-hydrogen) atoms. The summed E-state index contributed by atoms with van der Waals surface area (Å²) in [6.45, 7) is 0. The maximum absolute atomic E-state index is 12.4. The van der Waals surface area contributed by atoms with Gasteiger partial charge >= 0.3 is 12.1 Å². The molecule has 1 N–H and O–H groups in total. The Bertz CT molecular complexity index is 592. The maximum Gasteiger partial charge on any atom is 0.419 e. The zero-order valence-electron chi connectivity index (χ0n) is 8.98. The van der Waals surface area contributed by atoms with Crippen molar-refractivity contribution in [1.29, 1.82) is 0 Å². The summed E-state index contributed by atoms with van der Waals surface area (Å²) in [7, 11) is 0. The number of nitrogens with zero attached hydrogens (tertiary/aromatic N) is 3. The number of carbonyl (C=O) groups is 1. The lowest BCUT2D eigenvalue weighted by molar-refractivity contribution is -0.138. The molecule has 2 heterocycles. The van der Waals surface area contributed by atoms with Gasteiger partial charge in [-0.05, 0) is 0 Å². The summed E-state index contributed by atoms with van der Waals surface area (Å²) >= 11 is 0. The number of hydrogen-bond donors (Lipinski definition) is 1. The number of aliphatic carboxylic acids is 1. The fraction of sp³-hybridized carbons (Fsp3) is 0.300. The van der Waals surface area contributed by atoms with Crippen molar-refractivity contribution < 1.29 is 23.1 Å². The summed E-state index contributed by atoms with van der Waals surface area (Å²) < 4.78 is 38.3. The van der Waals surface area contributed by atoms with Crippen LogP contribution >= 0.6 is 0 Å². The number of aromatic nitrogens is 3. The second-order valence-corrected chi connectivity index (χ2v) is 3.67. The fourth-order valence-electron chi connectivity index (χ4n) is 1.43. The molecule has 0 aromatic carbocycles. The number of carboxylic acids is 1. The molecule has 2 aromatic rings. The average Bonchev–Trinajstić information content (AvgIpc) is 2.66. The van der Waals surface area contributed by atoms with Gasteiger partial charge < -0.3 is 5.11 Å². The van der Waals surface area contributed by atoms with Crippen LogP contribution in [0.1, 0.15) is 17.7 Å². The summed E-state index contributed by atoms with van der Waals surface area (Å²) in [4.78, 5) is 14.0. The van der Waals surface area contributed by atoms with Crippen LogP contribution in [0.4, 0.5) is 13.2 Å². The number of carboxylic acid groups (broad SMARTS) is 1. The molecule has 0 aliphatic heterocycles. The molecule has 0 aliphatic carbocycles. The second-order valence-electron chi connectivity index (χ2n) is 3.67. The molecule has 0 saturated heterocycles. The van der Waals surface area contributed by atoms with Gasteiger partial charge in [-0.2, -0.15) is 18.3 Å². The third-order valence-corrected chi connectivity index (χ3v) is 2.29. The highest BCUT2D eigenvalue weighted by Crippen LogP contribution is 2.28. The third kappa shape index (κ3) is 2.58. The summed E-state index contributed by atoms with van der Waals surface area (Å²) in [6, 6.07) is 1.46. The van der Waals surface area contributed by atoms with Crippen molar-refractivity contribution in [2.24, 2.45) is 0 Å². The van der Waals surface area contributed by atoms with Gasteiger partial charge in [-0.1, -0.05) is 0 Å². The van der Waals surface area contributed by atoms with Crippen LogP contribution in [0.15, 0.2) is 18.5 Å². The smallest absolute Gasteiger partial charge is 0.419 e. The Morgan fingerprint density at radius 1 is 1.44 bits per heavy atom. The number of hydrogen-bond acceptors (Lipinski definition) is 3. The quantitative estimate of drug-likeness (QED) is 0.912. The Hall–Kier alpha value is -2.12. The third-order valence-electron chi connectivity index (χ3n) is 2.29. The Balaban J connectivity index is 2.31. The molecule has 0 fully saturated rings. The van der Waals surface area contributed by atoms with Crippen LogP contribution in [0.2, 0.25) is 0 Å². The van der Waals surface area contributed by atoms with Crippen LogP contribution in [0.25, 0.3) is 5.65 Å². The average molecular weight is 259 g/mol. The molecule has 0 bridgehead atoms. The fourth-order valence-corrected chi connectivity index (χ4v) is 1.43. The van der Waals surface area contributed by atoms with Gasteiger partial charge in [-0.15, -0.1) is 0 Å². The largest absolute Gasteiger partial charge is 0.481 e. The van der Waals surface area contributed by atoms with E-state index in [9.17, 15) is 18.0 Å². The van der Waals surface area contributed by atoms with E-state index in [0.29, 0.717) is 5.69 Å². The van der Waals surface area contributed by atoms with Crippen molar-refractivity contribution >= 4 is 11.6 Å². The van der Waals surface area contributed by atoms with Gasteiger partial charge in [-0.25, -0.2) is 9.50 Å². The summed E-state index contributed by atoms with van der Waals surface area (Å²) in [5.41, 5.74) is -0.254. The number of halogens is 3. The number of fused-ring (bicyclic) bond motifs is 1. The predicted octanol–water partition coefficient (Wildman–Crippen LogP) is 1.77. The van der Waals surface area contributed by atoms with Crippen LogP contribution in [0, 0.1) is 0 Å². The molecule has 0 aliphatic rings. The molecule has 96 valence electrons. The Labute approximate surface area is 98.9 Å². The molecule has 0 unspecified atom stereocenters. The molecule has 5 nitrogen and oxygen atoms in total. The van der Waals surface area contributed by atoms with Gasteiger partial charge in [0.05, 0.1) is 17.7 Å². The van der Waals surface area contributed by atoms with Crippen molar-refractivity contribution in [1.82, 2.24) is 14.6 Å². The van der Waals surface area contributed by atoms with Crippen molar-refractivity contribution in [2.75, 3.05) is 0 Å². The number of alkyl halides is 3. The highest BCUT2D eigenvalue weighted by molar-refractivity contribution is 5.67. The minimum absolute atomic E-state index is 0.129.